The van der Waals surface area contributed by atoms with E-state index in [2.05, 4.69) is 17.4 Å². The van der Waals surface area contributed by atoms with Crippen LogP contribution in [0.3, 0.4) is 0 Å². The second-order valence-corrected chi connectivity index (χ2v) is 7.63. The Hall–Kier alpha value is -3.73. The zero-order chi connectivity index (χ0) is 20.7. The maximum absolute atomic E-state index is 13.2. The number of rotatable bonds is 3. The lowest BCUT2D eigenvalue weighted by Gasteiger charge is -2.27. The third-order valence-corrected chi connectivity index (χ3v) is 5.86. The first kappa shape index (κ1) is 18.3. The number of carbonyl (C=O) groups is 3. The van der Waals surface area contributed by atoms with E-state index >= 15 is 0 Å². The van der Waals surface area contributed by atoms with Gasteiger partial charge in [0.25, 0.3) is 17.7 Å². The molecule has 148 valence electrons. The SMILES string of the molecule is O=C(NC1CCCc2ccccc21)c1ccccc1N1C(=O)c2ccccc2C1=O. The average molecular weight is 396 g/mol. The minimum absolute atomic E-state index is 0.0855. The second kappa shape index (κ2) is 7.26. The molecule has 3 aromatic carbocycles. The molecule has 5 nitrogen and oxygen atoms in total. The summed E-state index contributed by atoms with van der Waals surface area (Å²) in [6.07, 6.45) is 2.87. The third-order valence-electron chi connectivity index (χ3n) is 5.86. The van der Waals surface area contributed by atoms with Gasteiger partial charge in [-0.05, 0) is 54.7 Å². The van der Waals surface area contributed by atoms with E-state index in [1.807, 2.05) is 12.1 Å². The van der Waals surface area contributed by atoms with Crippen LogP contribution < -0.4 is 10.2 Å². The fraction of sp³-hybridized carbons (Fsp3) is 0.160. The van der Waals surface area contributed by atoms with Crippen LogP contribution in [0.2, 0.25) is 0 Å². The molecular weight excluding hydrogens is 376 g/mol. The molecule has 0 fully saturated rings. The molecule has 0 spiro atoms. The van der Waals surface area contributed by atoms with Gasteiger partial charge in [-0.3, -0.25) is 14.4 Å². The zero-order valence-corrected chi connectivity index (χ0v) is 16.3. The molecule has 5 rings (SSSR count). The fourth-order valence-corrected chi connectivity index (χ4v) is 4.41. The zero-order valence-electron chi connectivity index (χ0n) is 16.3. The van der Waals surface area contributed by atoms with Gasteiger partial charge in [0.15, 0.2) is 0 Å². The van der Waals surface area contributed by atoms with Crippen LogP contribution in [-0.4, -0.2) is 17.7 Å². The molecule has 1 N–H and O–H groups in total. The average Bonchev–Trinajstić information content (AvgIpc) is 3.04. The molecule has 0 saturated carbocycles. The van der Waals surface area contributed by atoms with Gasteiger partial charge in [-0.25, -0.2) is 4.90 Å². The second-order valence-electron chi connectivity index (χ2n) is 7.63. The lowest BCUT2D eigenvalue weighted by molar-refractivity contribution is 0.0926. The summed E-state index contributed by atoms with van der Waals surface area (Å²) in [4.78, 5) is 40.2. The van der Waals surface area contributed by atoms with Gasteiger partial charge in [0, 0.05) is 0 Å². The van der Waals surface area contributed by atoms with Crippen molar-refractivity contribution in [3.63, 3.8) is 0 Å². The van der Waals surface area contributed by atoms with Gasteiger partial charge in [-0.2, -0.15) is 0 Å². The standard InChI is InChI=1S/C25H20N2O3/c28-23(26-21-14-7-9-16-8-1-2-10-17(16)21)20-13-5-6-15-22(20)27-24(29)18-11-3-4-12-19(18)25(27)30/h1-6,8,10-13,15,21H,7,9,14H2,(H,26,28). The first-order valence-electron chi connectivity index (χ1n) is 10.1. The molecular formula is C25H20N2O3. The highest BCUT2D eigenvalue weighted by molar-refractivity contribution is 6.35. The van der Waals surface area contributed by atoms with Gasteiger partial charge in [-0.1, -0.05) is 48.5 Å². The normalized spacial score (nSPS) is 17.5. The maximum atomic E-state index is 13.2. The Labute approximate surface area is 174 Å². The largest absolute Gasteiger partial charge is 0.345 e. The number of benzene rings is 3. The summed E-state index contributed by atoms with van der Waals surface area (Å²) >= 11 is 0. The van der Waals surface area contributed by atoms with Crippen LogP contribution >= 0.6 is 0 Å². The lowest BCUT2D eigenvalue weighted by atomic mass is 9.87. The van der Waals surface area contributed by atoms with E-state index in [0.717, 1.165) is 29.7 Å². The smallest absolute Gasteiger partial charge is 0.266 e. The van der Waals surface area contributed by atoms with Crippen molar-refractivity contribution < 1.29 is 14.4 Å². The summed E-state index contributed by atoms with van der Waals surface area (Å²) < 4.78 is 0. The first-order valence-corrected chi connectivity index (χ1v) is 10.1. The quantitative estimate of drug-likeness (QED) is 0.672. The Kier molecular flexibility index (Phi) is 4.43. The van der Waals surface area contributed by atoms with Crippen molar-refractivity contribution >= 4 is 23.4 Å². The topological polar surface area (TPSA) is 66.5 Å². The predicted octanol–water partition coefficient (Wildman–Crippen LogP) is 4.29. The number of nitrogens with zero attached hydrogens (tertiary/aromatic N) is 1. The lowest BCUT2D eigenvalue weighted by Crippen LogP contribution is -2.35. The van der Waals surface area contributed by atoms with E-state index in [9.17, 15) is 14.4 Å². The molecule has 5 heteroatoms. The first-order chi connectivity index (χ1) is 14.6. The Morgan fingerprint density at radius 3 is 2.23 bits per heavy atom. The van der Waals surface area contributed by atoms with E-state index in [0.29, 0.717) is 22.4 Å². The molecule has 0 radical (unpaired) electrons. The molecule has 30 heavy (non-hydrogen) atoms. The number of hydrogen-bond donors (Lipinski definition) is 1. The van der Waals surface area contributed by atoms with Crippen LogP contribution in [0.4, 0.5) is 5.69 Å². The highest BCUT2D eigenvalue weighted by Gasteiger charge is 2.38. The molecule has 2 aliphatic rings. The van der Waals surface area contributed by atoms with Gasteiger partial charge in [0.2, 0.25) is 0 Å². The van der Waals surface area contributed by atoms with Crippen molar-refractivity contribution in [1.82, 2.24) is 5.32 Å². The monoisotopic (exact) mass is 396 g/mol. The summed E-state index contributed by atoms with van der Waals surface area (Å²) in [5.74, 6) is -1.10. The Morgan fingerprint density at radius 1 is 0.833 bits per heavy atom. The molecule has 0 saturated heterocycles. The molecule has 1 aliphatic carbocycles. The van der Waals surface area contributed by atoms with E-state index in [1.54, 1.807) is 48.5 Å². The molecule has 1 atom stereocenters. The molecule has 1 heterocycles. The molecule has 0 aromatic heterocycles. The fourth-order valence-electron chi connectivity index (χ4n) is 4.41. The number of para-hydroxylation sites is 1. The number of anilines is 1. The number of aryl methyl sites for hydroxylation is 1. The predicted molar refractivity (Wildman–Crippen MR) is 114 cm³/mol. The minimum atomic E-state index is -0.404. The summed E-state index contributed by atoms with van der Waals surface area (Å²) in [5, 5.41) is 3.12. The molecule has 3 amide bonds. The van der Waals surface area contributed by atoms with Gasteiger partial charge in [0.05, 0.1) is 28.4 Å². The maximum Gasteiger partial charge on any atom is 0.266 e. The van der Waals surface area contributed by atoms with Crippen LogP contribution in [0.5, 0.6) is 0 Å². The van der Waals surface area contributed by atoms with E-state index < -0.39 is 11.8 Å². The van der Waals surface area contributed by atoms with Crippen LogP contribution in [0.25, 0.3) is 0 Å². The number of nitrogens with one attached hydrogen (secondary N) is 1. The number of hydrogen-bond acceptors (Lipinski definition) is 3. The van der Waals surface area contributed by atoms with Crippen molar-refractivity contribution in [3.8, 4) is 0 Å². The molecule has 0 bridgehead atoms. The van der Waals surface area contributed by atoms with E-state index in [4.69, 9.17) is 0 Å². The molecule has 1 unspecified atom stereocenters. The van der Waals surface area contributed by atoms with Crippen LogP contribution in [0.1, 0.15) is 61.1 Å². The van der Waals surface area contributed by atoms with Gasteiger partial charge in [-0.15, -0.1) is 0 Å². The van der Waals surface area contributed by atoms with Crippen molar-refractivity contribution in [2.24, 2.45) is 0 Å². The Morgan fingerprint density at radius 2 is 1.47 bits per heavy atom. The molecule has 1 aliphatic heterocycles. The number of imide groups is 1. The Balaban J connectivity index is 1.48. The van der Waals surface area contributed by atoms with Crippen LogP contribution in [-0.2, 0) is 6.42 Å². The van der Waals surface area contributed by atoms with Crippen LogP contribution in [0.15, 0.2) is 72.8 Å². The van der Waals surface area contributed by atoms with E-state index in [-0.39, 0.29) is 11.9 Å². The van der Waals surface area contributed by atoms with Gasteiger partial charge in [0.1, 0.15) is 0 Å². The van der Waals surface area contributed by atoms with Crippen LogP contribution in [0, 0.1) is 0 Å². The highest BCUT2D eigenvalue weighted by Crippen LogP contribution is 2.33. The number of carbonyl (C=O) groups excluding carboxylic acids is 3. The van der Waals surface area contributed by atoms with Crippen molar-refractivity contribution in [3.05, 3.63) is 101 Å². The van der Waals surface area contributed by atoms with Crippen molar-refractivity contribution in [2.45, 2.75) is 25.3 Å². The highest BCUT2D eigenvalue weighted by atomic mass is 16.2. The van der Waals surface area contributed by atoms with Gasteiger partial charge >= 0.3 is 0 Å². The minimum Gasteiger partial charge on any atom is -0.345 e. The third kappa shape index (κ3) is 2.90. The number of fused-ring (bicyclic) bond motifs is 2. The number of amides is 3. The summed E-state index contributed by atoms with van der Waals surface area (Å²) in [6.45, 7) is 0. The Bertz CT molecular complexity index is 1150. The molecule has 3 aromatic rings. The van der Waals surface area contributed by atoms with Crippen molar-refractivity contribution in [2.75, 3.05) is 4.90 Å². The van der Waals surface area contributed by atoms with E-state index in [1.165, 1.54) is 5.56 Å². The summed E-state index contributed by atoms with van der Waals surface area (Å²) in [5.41, 5.74) is 3.73. The summed E-state index contributed by atoms with van der Waals surface area (Å²) in [6, 6.07) is 21.6. The summed E-state index contributed by atoms with van der Waals surface area (Å²) in [7, 11) is 0. The van der Waals surface area contributed by atoms with Crippen molar-refractivity contribution in [1.29, 1.82) is 0 Å². The van der Waals surface area contributed by atoms with Gasteiger partial charge < -0.3 is 5.32 Å².